The third kappa shape index (κ3) is 5.51. The van der Waals surface area contributed by atoms with Gasteiger partial charge in [-0.3, -0.25) is 14.4 Å². The van der Waals surface area contributed by atoms with Crippen LogP contribution in [0.2, 0.25) is 0 Å². The molecule has 0 spiro atoms. The first-order valence-electron chi connectivity index (χ1n) is 10.8. The van der Waals surface area contributed by atoms with Crippen LogP contribution in [-0.4, -0.2) is 47.7 Å². The van der Waals surface area contributed by atoms with Crippen molar-refractivity contribution in [2.45, 2.75) is 52.1 Å². The van der Waals surface area contributed by atoms with E-state index in [2.05, 4.69) is 5.32 Å². The van der Waals surface area contributed by atoms with Crippen molar-refractivity contribution in [2.24, 2.45) is 0 Å². The molecule has 3 rings (SSSR count). The summed E-state index contributed by atoms with van der Waals surface area (Å²) in [5.74, 6) is -0.176. The fourth-order valence-electron chi connectivity index (χ4n) is 3.88. The number of carbonyl (C=O) groups is 3. The summed E-state index contributed by atoms with van der Waals surface area (Å²) in [7, 11) is 3.43. The van der Waals surface area contributed by atoms with E-state index in [9.17, 15) is 14.4 Å². The van der Waals surface area contributed by atoms with Crippen LogP contribution < -0.4 is 5.32 Å². The molecule has 1 unspecified atom stereocenters. The normalized spacial score (nSPS) is 15.2. The number of anilines is 1. The first kappa shape index (κ1) is 22.5. The highest BCUT2D eigenvalue weighted by Gasteiger charge is 2.35. The zero-order chi connectivity index (χ0) is 22.5. The second-order valence-corrected chi connectivity index (χ2v) is 8.42. The molecule has 0 bridgehead atoms. The monoisotopic (exact) mass is 421 g/mol. The largest absolute Gasteiger partial charge is 0.347 e. The summed E-state index contributed by atoms with van der Waals surface area (Å²) in [5, 5.41) is 2.92. The Bertz CT molecular complexity index is 966. The average molecular weight is 422 g/mol. The highest BCUT2D eigenvalue weighted by atomic mass is 16.2. The molecule has 1 aliphatic heterocycles. The van der Waals surface area contributed by atoms with Crippen LogP contribution in [0.1, 0.15) is 42.0 Å². The Hall–Kier alpha value is -3.15. The average Bonchev–Trinajstić information content (AvgIpc) is 2.74. The van der Waals surface area contributed by atoms with Gasteiger partial charge in [0.2, 0.25) is 17.7 Å². The number of carbonyl (C=O) groups excluding carboxylic acids is 3. The van der Waals surface area contributed by atoms with Gasteiger partial charge in [-0.25, -0.2) is 0 Å². The molecule has 6 nitrogen and oxygen atoms in total. The molecule has 1 aliphatic rings. The van der Waals surface area contributed by atoms with E-state index in [1.165, 1.54) is 0 Å². The number of benzene rings is 2. The minimum Gasteiger partial charge on any atom is -0.347 e. The lowest BCUT2D eigenvalue weighted by atomic mass is 9.92. The molecule has 1 atom stereocenters. The number of hydrogen-bond donors (Lipinski definition) is 1. The van der Waals surface area contributed by atoms with Gasteiger partial charge in [0, 0.05) is 39.2 Å². The van der Waals surface area contributed by atoms with Crippen molar-refractivity contribution in [3.05, 3.63) is 64.7 Å². The first-order chi connectivity index (χ1) is 14.8. The van der Waals surface area contributed by atoms with Crippen molar-refractivity contribution in [3.8, 4) is 0 Å². The van der Waals surface area contributed by atoms with E-state index >= 15 is 0 Å². The summed E-state index contributed by atoms with van der Waals surface area (Å²) in [6.07, 6.45) is 1.97. The van der Waals surface area contributed by atoms with Gasteiger partial charge in [0.25, 0.3) is 0 Å². The number of amides is 3. The summed E-state index contributed by atoms with van der Waals surface area (Å²) in [5.41, 5.74) is 4.79. The minimum atomic E-state index is -0.527. The van der Waals surface area contributed by atoms with E-state index in [0.29, 0.717) is 19.4 Å². The van der Waals surface area contributed by atoms with Gasteiger partial charge in [-0.05, 0) is 42.2 Å². The lowest BCUT2D eigenvalue weighted by Gasteiger charge is -2.37. The Kier molecular flexibility index (Phi) is 7.10. The number of aryl methyl sites for hydroxylation is 1. The molecular weight excluding hydrogens is 390 g/mol. The van der Waals surface area contributed by atoms with Crippen LogP contribution in [0, 0.1) is 6.92 Å². The molecule has 6 heteroatoms. The van der Waals surface area contributed by atoms with Gasteiger partial charge in [0.05, 0.1) is 6.42 Å². The standard InChI is InChI=1S/C25H31N3O3/c1-5-6-23(29)26-21-12-11-19-15-22(25(31)27(3)4)28(16-20(19)14-21)24(30)13-18-9-7-17(2)8-10-18/h7-12,14,22H,5-6,13,15-16H2,1-4H3,(H,26,29). The van der Waals surface area contributed by atoms with Gasteiger partial charge in [0.1, 0.15) is 6.04 Å². The zero-order valence-corrected chi connectivity index (χ0v) is 18.8. The van der Waals surface area contributed by atoms with E-state index < -0.39 is 6.04 Å². The summed E-state index contributed by atoms with van der Waals surface area (Å²) >= 11 is 0. The molecule has 0 saturated carbocycles. The third-order valence-electron chi connectivity index (χ3n) is 5.62. The van der Waals surface area contributed by atoms with Gasteiger partial charge in [-0.15, -0.1) is 0 Å². The smallest absolute Gasteiger partial charge is 0.245 e. The molecule has 2 aromatic rings. The van der Waals surface area contributed by atoms with Crippen molar-refractivity contribution < 1.29 is 14.4 Å². The molecule has 0 radical (unpaired) electrons. The highest BCUT2D eigenvalue weighted by Crippen LogP contribution is 2.28. The van der Waals surface area contributed by atoms with Crippen LogP contribution in [-0.2, 0) is 33.8 Å². The predicted octanol–water partition coefficient (Wildman–Crippen LogP) is 3.32. The van der Waals surface area contributed by atoms with E-state index in [1.807, 2.05) is 56.3 Å². The fourth-order valence-corrected chi connectivity index (χ4v) is 3.88. The van der Waals surface area contributed by atoms with Crippen LogP contribution in [0.4, 0.5) is 5.69 Å². The zero-order valence-electron chi connectivity index (χ0n) is 18.8. The lowest BCUT2D eigenvalue weighted by Crippen LogP contribution is -2.52. The summed E-state index contributed by atoms with van der Waals surface area (Å²) < 4.78 is 0. The molecule has 1 N–H and O–H groups in total. The summed E-state index contributed by atoms with van der Waals surface area (Å²) in [6.45, 7) is 4.32. The molecule has 3 amide bonds. The van der Waals surface area contributed by atoms with E-state index in [1.54, 1.807) is 23.9 Å². The molecular formula is C25H31N3O3. The van der Waals surface area contributed by atoms with Crippen LogP contribution in [0.15, 0.2) is 42.5 Å². The van der Waals surface area contributed by atoms with Crippen molar-refractivity contribution in [1.82, 2.24) is 9.80 Å². The number of fused-ring (bicyclic) bond motifs is 1. The fraction of sp³-hybridized carbons (Fsp3) is 0.400. The van der Waals surface area contributed by atoms with E-state index in [0.717, 1.165) is 34.4 Å². The summed E-state index contributed by atoms with van der Waals surface area (Å²) in [6, 6.07) is 13.1. The quantitative estimate of drug-likeness (QED) is 0.778. The SMILES string of the molecule is CCCC(=O)Nc1ccc2c(c1)CN(C(=O)Cc1ccc(C)cc1)C(C(=O)N(C)C)C2. The van der Waals surface area contributed by atoms with E-state index in [4.69, 9.17) is 0 Å². The summed E-state index contributed by atoms with van der Waals surface area (Å²) in [4.78, 5) is 41.3. The maximum Gasteiger partial charge on any atom is 0.245 e. The molecule has 0 fully saturated rings. The molecule has 2 aromatic carbocycles. The number of hydrogen-bond acceptors (Lipinski definition) is 3. The van der Waals surface area contributed by atoms with Gasteiger partial charge in [0.15, 0.2) is 0 Å². The molecule has 0 aliphatic carbocycles. The van der Waals surface area contributed by atoms with Crippen LogP contribution >= 0.6 is 0 Å². The van der Waals surface area contributed by atoms with Crippen LogP contribution in [0.3, 0.4) is 0 Å². The Morgan fingerprint density at radius 1 is 1.06 bits per heavy atom. The van der Waals surface area contributed by atoms with Crippen molar-refractivity contribution in [3.63, 3.8) is 0 Å². The first-order valence-corrected chi connectivity index (χ1v) is 10.8. The number of nitrogens with zero attached hydrogens (tertiary/aromatic N) is 2. The lowest BCUT2D eigenvalue weighted by molar-refractivity contribution is -0.145. The molecule has 0 saturated heterocycles. The van der Waals surface area contributed by atoms with Crippen LogP contribution in [0.25, 0.3) is 0 Å². The second kappa shape index (κ2) is 9.77. The van der Waals surface area contributed by atoms with Crippen molar-refractivity contribution >= 4 is 23.4 Å². The van der Waals surface area contributed by atoms with Crippen LogP contribution in [0.5, 0.6) is 0 Å². The molecule has 0 aromatic heterocycles. The predicted molar refractivity (Wildman–Crippen MR) is 122 cm³/mol. The Morgan fingerprint density at radius 2 is 1.77 bits per heavy atom. The van der Waals surface area contributed by atoms with Gasteiger partial charge < -0.3 is 15.1 Å². The number of likely N-dealkylation sites (N-methyl/N-ethyl adjacent to an activating group) is 1. The van der Waals surface area contributed by atoms with Gasteiger partial charge in [-0.1, -0.05) is 42.8 Å². The van der Waals surface area contributed by atoms with Crippen molar-refractivity contribution in [1.29, 1.82) is 0 Å². The van der Waals surface area contributed by atoms with E-state index in [-0.39, 0.29) is 24.1 Å². The molecule has 1 heterocycles. The van der Waals surface area contributed by atoms with Gasteiger partial charge >= 0.3 is 0 Å². The Balaban J connectivity index is 1.85. The third-order valence-corrected chi connectivity index (χ3v) is 5.62. The molecule has 164 valence electrons. The second-order valence-electron chi connectivity index (χ2n) is 8.42. The van der Waals surface area contributed by atoms with Crippen molar-refractivity contribution in [2.75, 3.05) is 19.4 Å². The molecule has 31 heavy (non-hydrogen) atoms. The number of rotatable bonds is 6. The maximum atomic E-state index is 13.2. The topological polar surface area (TPSA) is 69.7 Å². The maximum absolute atomic E-state index is 13.2. The van der Waals surface area contributed by atoms with Gasteiger partial charge in [-0.2, -0.15) is 0 Å². The highest BCUT2D eigenvalue weighted by molar-refractivity contribution is 5.91. The minimum absolute atomic E-state index is 0.0220. The Morgan fingerprint density at radius 3 is 2.42 bits per heavy atom. The Labute approximate surface area is 184 Å². The number of nitrogens with one attached hydrogen (secondary N) is 1.